The largest absolute Gasteiger partial charge is 0.480 e. The molecule has 0 bridgehead atoms. The molecule has 1 atom stereocenters. The van der Waals surface area contributed by atoms with Crippen molar-refractivity contribution in [1.29, 1.82) is 0 Å². The van der Waals surface area contributed by atoms with Crippen molar-refractivity contribution in [3.05, 3.63) is 65.7 Å². The van der Waals surface area contributed by atoms with E-state index in [9.17, 15) is 23.1 Å². The number of rotatable bonds is 13. The third-order valence-corrected chi connectivity index (χ3v) is 7.18. The minimum Gasteiger partial charge on any atom is -0.480 e. The summed E-state index contributed by atoms with van der Waals surface area (Å²) < 4.78 is 27.7. The Balaban J connectivity index is 1.93. The number of benzene rings is 2. The molecular weight excluding hydrogens is 454 g/mol. The number of carboxylic acid groups (broad SMARTS) is 1. The number of nitrogens with zero attached hydrogens (tertiary/aromatic N) is 1. The number of unbranched alkanes of at least 4 members (excludes halogenated alkanes) is 1. The standard InChI is InChI=1S/C25H35N3O5S/c1-19(2)18-28(34(32,33)22-14-12-20(3)13-15-22)23(24(29)30)11-7-8-16-26-25(31)27-17-21-9-5-4-6-10-21/h4-6,9-10,12-15,19,23H,7-8,11,16-18H2,1-3H3,(H,29,30)(H2,26,27,31). The van der Waals surface area contributed by atoms with E-state index in [1.807, 2.05) is 51.1 Å². The molecule has 0 aliphatic rings. The SMILES string of the molecule is Cc1ccc(S(=O)(=O)N(CC(C)C)C(CCCCNC(=O)NCc2ccccc2)C(=O)O)cc1. The van der Waals surface area contributed by atoms with Crippen LogP contribution in [0.25, 0.3) is 0 Å². The monoisotopic (exact) mass is 489 g/mol. The van der Waals surface area contributed by atoms with Crippen molar-refractivity contribution in [1.82, 2.24) is 14.9 Å². The molecule has 0 spiro atoms. The second-order valence-electron chi connectivity index (χ2n) is 8.73. The summed E-state index contributed by atoms with van der Waals surface area (Å²) in [6, 6.07) is 14.5. The third kappa shape index (κ3) is 8.46. The van der Waals surface area contributed by atoms with Gasteiger partial charge < -0.3 is 15.7 Å². The number of aliphatic carboxylic acids is 1. The smallest absolute Gasteiger partial charge is 0.322 e. The number of amides is 2. The molecule has 0 heterocycles. The molecule has 34 heavy (non-hydrogen) atoms. The molecule has 186 valence electrons. The fraction of sp³-hybridized carbons (Fsp3) is 0.440. The highest BCUT2D eigenvalue weighted by Gasteiger charge is 2.35. The summed E-state index contributed by atoms with van der Waals surface area (Å²) in [5.41, 5.74) is 1.91. The van der Waals surface area contributed by atoms with Crippen LogP contribution >= 0.6 is 0 Å². The van der Waals surface area contributed by atoms with E-state index >= 15 is 0 Å². The first-order valence-corrected chi connectivity index (χ1v) is 12.9. The number of aryl methyl sites for hydroxylation is 1. The molecule has 0 aromatic heterocycles. The maximum absolute atomic E-state index is 13.3. The molecule has 0 radical (unpaired) electrons. The summed E-state index contributed by atoms with van der Waals surface area (Å²) in [7, 11) is -3.97. The molecule has 1 unspecified atom stereocenters. The minimum atomic E-state index is -3.97. The molecule has 0 saturated carbocycles. The molecule has 9 heteroatoms. The Morgan fingerprint density at radius 2 is 1.62 bits per heavy atom. The van der Waals surface area contributed by atoms with E-state index in [1.54, 1.807) is 12.1 Å². The van der Waals surface area contributed by atoms with Gasteiger partial charge in [-0.05, 0) is 49.8 Å². The first-order chi connectivity index (χ1) is 16.1. The lowest BCUT2D eigenvalue weighted by Gasteiger charge is -2.29. The molecule has 0 aliphatic carbocycles. The van der Waals surface area contributed by atoms with Crippen molar-refractivity contribution < 1.29 is 23.1 Å². The van der Waals surface area contributed by atoms with E-state index in [0.717, 1.165) is 15.4 Å². The van der Waals surface area contributed by atoms with Gasteiger partial charge in [0.05, 0.1) is 4.90 Å². The lowest BCUT2D eigenvalue weighted by Crippen LogP contribution is -2.46. The lowest BCUT2D eigenvalue weighted by atomic mass is 10.1. The first-order valence-electron chi connectivity index (χ1n) is 11.5. The van der Waals surface area contributed by atoms with E-state index in [-0.39, 0.29) is 29.8 Å². The summed E-state index contributed by atoms with van der Waals surface area (Å²) in [6.07, 6.45) is 1.14. The quantitative estimate of drug-likeness (QED) is 0.371. The van der Waals surface area contributed by atoms with Crippen LogP contribution in [0.1, 0.15) is 44.2 Å². The Bertz CT molecular complexity index is 1020. The number of hydrogen-bond donors (Lipinski definition) is 3. The Labute approximate surface area is 202 Å². The van der Waals surface area contributed by atoms with Gasteiger partial charge in [0.1, 0.15) is 6.04 Å². The topological polar surface area (TPSA) is 116 Å². The summed E-state index contributed by atoms with van der Waals surface area (Å²) in [5, 5.41) is 15.4. The summed E-state index contributed by atoms with van der Waals surface area (Å²) >= 11 is 0. The van der Waals surface area contributed by atoms with E-state index in [4.69, 9.17) is 0 Å². The highest BCUT2D eigenvalue weighted by atomic mass is 32.2. The van der Waals surface area contributed by atoms with Crippen molar-refractivity contribution in [3.8, 4) is 0 Å². The van der Waals surface area contributed by atoms with Gasteiger partial charge in [-0.15, -0.1) is 0 Å². The number of carboxylic acids is 1. The number of carbonyl (C=O) groups excluding carboxylic acids is 1. The molecule has 2 aromatic carbocycles. The highest BCUT2D eigenvalue weighted by molar-refractivity contribution is 7.89. The minimum absolute atomic E-state index is 0.0444. The van der Waals surface area contributed by atoms with Crippen LogP contribution in [0.2, 0.25) is 0 Å². The van der Waals surface area contributed by atoms with Crippen molar-refractivity contribution in [2.45, 2.75) is 57.5 Å². The molecule has 3 N–H and O–H groups in total. The van der Waals surface area contributed by atoms with Crippen molar-refractivity contribution in [2.75, 3.05) is 13.1 Å². The van der Waals surface area contributed by atoms with Crippen LogP contribution in [0.15, 0.2) is 59.5 Å². The van der Waals surface area contributed by atoms with Gasteiger partial charge in [0.2, 0.25) is 10.0 Å². The molecule has 2 rings (SSSR count). The zero-order valence-electron chi connectivity index (χ0n) is 20.0. The fourth-order valence-corrected chi connectivity index (χ4v) is 5.27. The molecule has 2 aromatic rings. The van der Waals surface area contributed by atoms with Crippen molar-refractivity contribution >= 4 is 22.0 Å². The molecule has 0 aliphatic heterocycles. The van der Waals surface area contributed by atoms with Crippen LogP contribution in [-0.2, 0) is 21.4 Å². The number of hydrogen-bond acceptors (Lipinski definition) is 4. The van der Waals surface area contributed by atoms with E-state index in [2.05, 4.69) is 10.6 Å². The van der Waals surface area contributed by atoms with Gasteiger partial charge in [0, 0.05) is 19.6 Å². The lowest BCUT2D eigenvalue weighted by molar-refractivity contribution is -0.141. The Morgan fingerprint density at radius 1 is 0.971 bits per heavy atom. The van der Waals surface area contributed by atoms with Crippen LogP contribution in [0.3, 0.4) is 0 Å². The molecule has 2 amide bonds. The Hall–Kier alpha value is -2.91. The maximum atomic E-state index is 13.3. The average molecular weight is 490 g/mol. The summed E-state index contributed by atoms with van der Waals surface area (Å²) in [5.74, 6) is -1.22. The number of urea groups is 1. The van der Waals surface area contributed by atoms with Gasteiger partial charge >= 0.3 is 12.0 Å². The average Bonchev–Trinajstić information content (AvgIpc) is 2.79. The number of carbonyl (C=O) groups is 2. The van der Waals surface area contributed by atoms with Crippen molar-refractivity contribution in [3.63, 3.8) is 0 Å². The van der Waals surface area contributed by atoms with Crippen LogP contribution < -0.4 is 10.6 Å². The fourth-order valence-electron chi connectivity index (χ4n) is 3.49. The van der Waals surface area contributed by atoms with Crippen LogP contribution in [0, 0.1) is 12.8 Å². The second kappa shape index (κ2) is 13.1. The third-order valence-electron chi connectivity index (χ3n) is 5.29. The number of nitrogens with one attached hydrogen (secondary N) is 2. The Kier molecular flexibility index (Phi) is 10.5. The van der Waals surface area contributed by atoms with Crippen molar-refractivity contribution in [2.24, 2.45) is 5.92 Å². The zero-order valence-corrected chi connectivity index (χ0v) is 20.8. The van der Waals surface area contributed by atoms with Gasteiger partial charge in [-0.3, -0.25) is 4.79 Å². The highest BCUT2D eigenvalue weighted by Crippen LogP contribution is 2.23. The van der Waals surface area contributed by atoms with Crippen LogP contribution in [-0.4, -0.2) is 49.0 Å². The predicted octanol–water partition coefficient (Wildman–Crippen LogP) is 3.76. The van der Waals surface area contributed by atoms with E-state index in [1.165, 1.54) is 12.1 Å². The van der Waals surface area contributed by atoms with Crippen LogP contribution in [0.5, 0.6) is 0 Å². The molecule has 0 fully saturated rings. The van der Waals surface area contributed by atoms with Gasteiger partial charge in [0.15, 0.2) is 0 Å². The predicted molar refractivity (Wildman–Crippen MR) is 132 cm³/mol. The van der Waals surface area contributed by atoms with Gasteiger partial charge in [0.25, 0.3) is 0 Å². The first kappa shape index (κ1) is 27.3. The van der Waals surface area contributed by atoms with Crippen LogP contribution in [0.4, 0.5) is 4.79 Å². The summed E-state index contributed by atoms with van der Waals surface area (Å²) in [4.78, 5) is 24.1. The van der Waals surface area contributed by atoms with Gasteiger partial charge in [-0.1, -0.05) is 61.9 Å². The van der Waals surface area contributed by atoms with E-state index in [0.29, 0.717) is 25.9 Å². The summed E-state index contributed by atoms with van der Waals surface area (Å²) in [6.45, 7) is 6.45. The van der Waals surface area contributed by atoms with E-state index < -0.39 is 22.0 Å². The Morgan fingerprint density at radius 3 is 2.21 bits per heavy atom. The number of sulfonamides is 1. The zero-order chi connectivity index (χ0) is 25.1. The van der Waals surface area contributed by atoms with Gasteiger partial charge in [-0.25, -0.2) is 13.2 Å². The molecule has 8 nitrogen and oxygen atoms in total. The second-order valence-corrected chi connectivity index (χ2v) is 10.6. The molecule has 0 saturated heterocycles. The molecular formula is C25H35N3O5S. The van der Waals surface area contributed by atoms with Gasteiger partial charge in [-0.2, -0.15) is 4.31 Å². The maximum Gasteiger partial charge on any atom is 0.322 e. The normalized spacial score (nSPS) is 12.5.